The van der Waals surface area contributed by atoms with Crippen LogP contribution in [0.1, 0.15) is 11.1 Å². The molecular formula is C17H14ClFN4OS. The van der Waals surface area contributed by atoms with Crippen LogP contribution in [0, 0.1) is 5.82 Å². The lowest BCUT2D eigenvalue weighted by molar-refractivity contribution is 0.300. The Labute approximate surface area is 152 Å². The molecule has 5 nitrogen and oxygen atoms in total. The molecule has 2 aromatic carbocycles. The van der Waals surface area contributed by atoms with Crippen LogP contribution in [-0.4, -0.2) is 11.2 Å². The predicted octanol–water partition coefficient (Wildman–Crippen LogP) is 4.54. The Morgan fingerprint density at radius 2 is 2.08 bits per heavy atom. The normalized spacial score (nSPS) is 11.0. The van der Waals surface area contributed by atoms with Gasteiger partial charge in [-0.15, -0.1) is 11.3 Å². The molecule has 0 aliphatic heterocycles. The summed E-state index contributed by atoms with van der Waals surface area (Å²) in [6.07, 6.45) is 1.65. The third kappa shape index (κ3) is 4.68. The summed E-state index contributed by atoms with van der Waals surface area (Å²) in [4.78, 5) is 4.03. The van der Waals surface area contributed by atoms with Crippen LogP contribution < -0.4 is 15.9 Å². The Kier molecular flexibility index (Phi) is 5.47. The molecule has 0 radical (unpaired) electrons. The van der Waals surface area contributed by atoms with E-state index in [0.29, 0.717) is 27.3 Å². The molecule has 0 atom stereocenters. The quantitative estimate of drug-likeness (QED) is 0.489. The van der Waals surface area contributed by atoms with Crippen molar-refractivity contribution in [3.8, 4) is 5.75 Å². The number of nitrogens with zero attached hydrogens (tertiary/aromatic N) is 2. The van der Waals surface area contributed by atoms with Crippen LogP contribution in [-0.2, 0) is 6.61 Å². The predicted molar refractivity (Wildman–Crippen MR) is 99.9 cm³/mol. The number of aromatic nitrogens is 1. The number of hydrogen-bond acceptors (Lipinski definition) is 6. The van der Waals surface area contributed by atoms with Gasteiger partial charge in [0.1, 0.15) is 24.0 Å². The van der Waals surface area contributed by atoms with Gasteiger partial charge in [-0.25, -0.2) is 9.37 Å². The van der Waals surface area contributed by atoms with Gasteiger partial charge in [0, 0.05) is 10.9 Å². The number of hydrogen-bond donors (Lipinski definition) is 2. The second-order valence-electron chi connectivity index (χ2n) is 5.01. The minimum atomic E-state index is -0.384. The second-order valence-corrected chi connectivity index (χ2v) is 6.27. The van der Waals surface area contributed by atoms with Crippen LogP contribution in [0.25, 0.3) is 0 Å². The molecular weight excluding hydrogens is 363 g/mol. The van der Waals surface area contributed by atoms with Crippen LogP contribution in [0.15, 0.2) is 52.9 Å². The van der Waals surface area contributed by atoms with Crippen molar-refractivity contribution in [2.45, 2.75) is 6.61 Å². The Balaban J connectivity index is 1.57. The van der Waals surface area contributed by atoms with E-state index in [1.165, 1.54) is 17.4 Å². The summed E-state index contributed by atoms with van der Waals surface area (Å²) >= 11 is 7.35. The molecule has 0 aliphatic rings. The van der Waals surface area contributed by atoms with Gasteiger partial charge in [-0.05, 0) is 42.0 Å². The van der Waals surface area contributed by atoms with E-state index in [1.807, 2.05) is 12.1 Å². The molecule has 1 heterocycles. The van der Waals surface area contributed by atoms with Crippen molar-refractivity contribution < 1.29 is 9.13 Å². The largest absolute Gasteiger partial charge is 0.489 e. The van der Waals surface area contributed by atoms with Gasteiger partial charge in [0.25, 0.3) is 0 Å². The maximum absolute atomic E-state index is 13.7. The first-order valence-corrected chi connectivity index (χ1v) is 8.53. The van der Waals surface area contributed by atoms with Crippen molar-refractivity contribution in [3.63, 3.8) is 0 Å². The van der Waals surface area contributed by atoms with E-state index in [-0.39, 0.29) is 12.4 Å². The summed E-state index contributed by atoms with van der Waals surface area (Å²) in [5.74, 6) is 0.682. The van der Waals surface area contributed by atoms with E-state index < -0.39 is 0 Å². The number of rotatable bonds is 6. The highest BCUT2D eigenvalue weighted by atomic mass is 35.5. The fourth-order valence-electron chi connectivity index (χ4n) is 1.98. The standard InChI is InChI=1S/C17H14ClFN4OS/c18-14-2-1-3-15(19)13(14)9-24-12-6-4-11(5-7-12)8-21-23-17-22-16(20)10-25-17/h1-8,10H,9,20H2,(H,22,23). The molecule has 0 bridgehead atoms. The minimum Gasteiger partial charge on any atom is -0.489 e. The summed E-state index contributed by atoms with van der Waals surface area (Å²) in [5, 5.41) is 6.77. The van der Waals surface area contributed by atoms with E-state index in [9.17, 15) is 4.39 Å². The molecule has 8 heteroatoms. The van der Waals surface area contributed by atoms with Gasteiger partial charge < -0.3 is 10.5 Å². The summed E-state index contributed by atoms with van der Waals surface area (Å²) in [5.41, 5.74) is 9.53. The molecule has 0 aliphatic carbocycles. The number of hydrazone groups is 1. The summed E-state index contributed by atoms with van der Waals surface area (Å²) in [6, 6.07) is 11.8. The Morgan fingerprint density at radius 1 is 1.28 bits per heavy atom. The van der Waals surface area contributed by atoms with Crippen LogP contribution in [0.5, 0.6) is 5.75 Å². The van der Waals surface area contributed by atoms with Gasteiger partial charge in [0.2, 0.25) is 5.13 Å². The van der Waals surface area contributed by atoms with E-state index in [0.717, 1.165) is 5.56 Å². The van der Waals surface area contributed by atoms with E-state index in [2.05, 4.69) is 15.5 Å². The number of halogens is 2. The van der Waals surface area contributed by atoms with Gasteiger partial charge in [-0.2, -0.15) is 5.10 Å². The molecule has 0 amide bonds. The second kappa shape index (κ2) is 7.96. The highest BCUT2D eigenvalue weighted by Gasteiger charge is 2.07. The molecule has 3 rings (SSSR count). The number of nitrogen functional groups attached to an aromatic ring is 1. The molecule has 128 valence electrons. The first kappa shape index (κ1) is 17.2. The van der Waals surface area contributed by atoms with Gasteiger partial charge in [0.15, 0.2) is 0 Å². The average Bonchev–Trinajstić information content (AvgIpc) is 3.01. The van der Waals surface area contributed by atoms with Crippen molar-refractivity contribution in [3.05, 3.63) is 69.8 Å². The molecule has 3 aromatic rings. The number of ether oxygens (including phenoxy) is 1. The van der Waals surface area contributed by atoms with Crippen molar-refractivity contribution in [1.82, 2.24) is 4.98 Å². The molecule has 0 saturated carbocycles. The molecule has 3 N–H and O–H groups in total. The highest BCUT2D eigenvalue weighted by molar-refractivity contribution is 7.14. The van der Waals surface area contributed by atoms with Crippen molar-refractivity contribution >= 4 is 40.1 Å². The lowest BCUT2D eigenvalue weighted by Crippen LogP contribution is -1.99. The van der Waals surface area contributed by atoms with E-state index in [4.69, 9.17) is 22.1 Å². The van der Waals surface area contributed by atoms with Crippen LogP contribution in [0.4, 0.5) is 15.3 Å². The molecule has 1 aromatic heterocycles. The maximum atomic E-state index is 13.7. The summed E-state index contributed by atoms with van der Waals surface area (Å²) in [7, 11) is 0. The molecule has 0 spiro atoms. The van der Waals surface area contributed by atoms with E-state index in [1.54, 1.807) is 35.9 Å². The summed E-state index contributed by atoms with van der Waals surface area (Å²) in [6.45, 7) is 0.0615. The first-order chi connectivity index (χ1) is 12.1. The average molecular weight is 377 g/mol. The fourth-order valence-corrected chi connectivity index (χ4v) is 2.74. The third-order valence-corrected chi connectivity index (χ3v) is 4.34. The molecule has 0 saturated heterocycles. The molecule has 0 unspecified atom stereocenters. The Bertz CT molecular complexity index is 862. The molecule has 25 heavy (non-hydrogen) atoms. The number of anilines is 2. The zero-order chi connectivity index (χ0) is 17.6. The Morgan fingerprint density at radius 3 is 2.76 bits per heavy atom. The Hall–Kier alpha value is -2.64. The topological polar surface area (TPSA) is 72.5 Å². The van der Waals surface area contributed by atoms with Crippen LogP contribution in [0.2, 0.25) is 5.02 Å². The number of nitrogens with one attached hydrogen (secondary N) is 1. The van der Waals surface area contributed by atoms with Gasteiger partial charge in [-0.1, -0.05) is 17.7 Å². The van der Waals surface area contributed by atoms with Crippen LogP contribution >= 0.6 is 22.9 Å². The fraction of sp³-hybridized carbons (Fsp3) is 0.0588. The first-order valence-electron chi connectivity index (χ1n) is 7.27. The lowest BCUT2D eigenvalue weighted by atomic mass is 10.2. The van der Waals surface area contributed by atoms with Crippen molar-refractivity contribution in [1.29, 1.82) is 0 Å². The zero-order valence-electron chi connectivity index (χ0n) is 12.9. The van der Waals surface area contributed by atoms with Gasteiger partial charge in [-0.3, -0.25) is 5.43 Å². The van der Waals surface area contributed by atoms with Crippen molar-refractivity contribution in [2.75, 3.05) is 11.2 Å². The zero-order valence-corrected chi connectivity index (χ0v) is 14.5. The third-order valence-electron chi connectivity index (χ3n) is 3.22. The summed E-state index contributed by atoms with van der Waals surface area (Å²) < 4.78 is 19.3. The van der Waals surface area contributed by atoms with Gasteiger partial charge >= 0.3 is 0 Å². The number of benzene rings is 2. The van der Waals surface area contributed by atoms with Gasteiger partial charge in [0.05, 0.1) is 11.2 Å². The monoisotopic (exact) mass is 376 g/mol. The van der Waals surface area contributed by atoms with Crippen LogP contribution in [0.3, 0.4) is 0 Å². The highest BCUT2D eigenvalue weighted by Crippen LogP contribution is 2.21. The molecule has 0 fully saturated rings. The lowest BCUT2D eigenvalue weighted by Gasteiger charge is -2.08. The number of nitrogens with two attached hydrogens (primary N) is 1. The maximum Gasteiger partial charge on any atom is 0.205 e. The smallest absolute Gasteiger partial charge is 0.205 e. The number of thiazole rings is 1. The van der Waals surface area contributed by atoms with Crippen molar-refractivity contribution in [2.24, 2.45) is 5.10 Å². The minimum absolute atomic E-state index is 0.0615. The SMILES string of the molecule is Nc1csc(NN=Cc2ccc(OCc3c(F)cccc3Cl)cc2)n1. The van der Waals surface area contributed by atoms with E-state index >= 15 is 0 Å².